The zero-order chi connectivity index (χ0) is 29.0. The van der Waals surface area contributed by atoms with E-state index in [0.29, 0.717) is 0 Å². The number of para-hydroxylation sites is 2. The van der Waals surface area contributed by atoms with Gasteiger partial charge in [0.1, 0.15) is 0 Å². The molecule has 0 aliphatic carbocycles. The molecule has 0 saturated heterocycles. The average molecular weight is 579 g/mol. The van der Waals surface area contributed by atoms with Crippen molar-refractivity contribution < 1.29 is 0 Å². The Balaban J connectivity index is 1.11. The second-order valence-electron chi connectivity index (χ2n) is 11.2. The van der Waals surface area contributed by atoms with E-state index < -0.39 is 0 Å². The number of thiophene rings is 1. The van der Waals surface area contributed by atoms with E-state index in [1.54, 1.807) is 11.3 Å². The molecule has 3 aromatic heterocycles. The van der Waals surface area contributed by atoms with Crippen LogP contribution in [0.1, 0.15) is 0 Å². The van der Waals surface area contributed by atoms with Crippen LogP contribution in [0.2, 0.25) is 0 Å². The zero-order valence-corrected chi connectivity index (χ0v) is 24.6. The molecule has 206 valence electrons. The first-order chi connectivity index (χ1) is 21.8. The van der Waals surface area contributed by atoms with Crippen LogP contribution in [0.4, 0.5) is 0 Å². The van der Waals surface area contributed by atoms with Gasteiger partial charge >= 0.3 is 0 Å². The zero-order valence-electron chi connectivity index (χ0n) is 23.8. The summed E-state index contributed by atoms with van der Waals surface area (Å²) in [5.74, 6) is 0. The van der Waals surface area contributed by atoms with Gasteiger partial charge in [-0.1, -0.05) is 103 Å². The molecule has 0 N–H and O–H groups in total. The van der Waals surface area contributed by atoms with Crippen molar-refractivity contribution in [1.29, 1.82) is 0 Å². The standard InChI is InChI=1S/C41H26N2S/c1-4-19-38-33(16-1)34-17-2-5-20-39(34)43(38)32-15-9-13-30(24-32)28-11-7-10-27(22-28)29-12-8-14-31(23-29)37-25-36-35-18-3-6-21-40(35)44-41(36)26-42-37/h1-26H. The second-order valence-corrected chi connectivity index (χ2v) is 12.3. The monoisotopic (exact) mass is 578 g/mol. The molecule has 0 atom stereocenters. The first kappa shape index (κ1) is 25.0. The maximum atomic E-state index is 4.86. The third-order valence-electron chi connectivity index (χ3n) is 8.64. The molecule has 0 saturated carbocycles. The van der Waals surface area contributed by atoms with Crippen molar-refractivity contribution in [3.63, 3.8) is 0 Å². The van der Waals surface area contributed by atoms with Gasteiger partial charge in [0.15, 0.2) is 0 Å². The quantitative estimate of drug-likeness (QED) is 0.203. The first-order valence-corrected chi connectivity index (χ1v) is 15.7. The highest BCUT2D eigenvalue weighted by molar-refractivity contribution is 7.25. The van der Waals surface area contributed by atoms with Gasteiger partial charge in [-0.05, 0) is 70.8 Å². The number of hydrogen-bond donors (Lipinski definition) is 0. The van der Waals surface area contributed by atoms with Gasteiger partial charge in [-0.25, -0.2) is 0 Å². The second kappa shape index (κ2) is 10.0. The molecule has 44 heavy (non-hydrogen) atoms. The van der Waals surface area contributed by atoms with Crippen LogP contribution < -0.4 is 0 Å². The first-order valence-electron chi connectivity index (χ1n) is 14.9. The molecule has 6 aromatic carbocycles. The van der Waals surface area contributed by atoms with E-state index >= 15 is 0 Å². The van der Waals surface area contributed by atoms with Crippen LogP contribution in [0.15, 0.2) is 158 Å². The summed E-state index contributed by atoms with van der Waals surface area (Å²) in [7, 11) is 0. The van der Waals surface area contributed by atoms with Crippen LogP contribution in [-0.4, -0.2) is 9.55 Å². The number of nitrogens with zero attached hydrogens (tertiary/aromatic N) is 2. The Morgan fingerprint density at radius 1 is 0.409 bits per heavy atom. The molecule has 9 rings (SSSR count). The van der Waals surface area contributed by atoms with Gasteiger partial charge in [0.25, 0.3) is 0 Å². The summed E-state index contributed by atoms with van der Waals surface area (Å²) < 4.78 is 4.90. The molecule has 9 aromatic rings. The third-order valence-corrected chi connectivity index (χ3v) is 9.76. The lowest BCUT2D eigenvalue weighted by atomic mass is 9.97. The van der Waals surface area contributed by atoms with Crippen molar-refractivity contribution >= 4 is 53.3 Å². The fourth-order valence-electron chi connectivity index (χ4n) is 6.55. The summed E-state index contributed by atoms with van der Waals surface area (Å²) in [5.41, 5.74) is 10.5. The van der Waals surface area contributed by atoms with Crippen molar-refractivity contribution in [3.05, 3.63) is 158 Å². The van der Waals surface area contributed by atoms with Gasteiger partial charge in [-0.3, -0.25) is 4.98 Å². The predicted molar refractivity (Wildman–Crippen MR) is 188 cm³/mol. The molecular weight excluding hydrogens is 553 g/mol. The number of hydrogen-bond acceptors (Lipinski definition) is 2. The SMILES string of the molecule is c1cc(-c2cccc(-c3cc4c(cn3)sc3ccccc34)c2)cc(-c2cccc(-n3c4ccccc4c4ccccc43)c2)c1. The Bertz CT molecular complexity index is 2460. The molecule has 0 radical (unpaired) electrons. The number of benzene rings is 6. The number of rotatable bonds is 4. The topological polar surface area (TPSA) is 17.8 Å². The normalized spacial score (nSPS) is 11.6. The highest BCUT2D eigenvalue weighted by Crippen LogP contribution is 2.37. The van der Waals surface area contributed by atoms with E-state index in [0.717, 1.165) is 16.9 Å². The molecular formula is C41H26N2S. The summed E-state index contributed by atoms with van der Waals surface area (Å²) in [6.07, 6.45) is 2.02. The Kier molecular flexibility index (Phi) is 5.71. The lowest BCUT2D eigenvalue weighted by Gasteiger charge is -2.12. The average Bonchev–Trinajstić information content (AvgIpc) is 3.64. The van der Waals surface area contributed by atoms with Crippen LogP contribution in [0.3, 0.4) is 0 Å². The molecule has 0 aliphatic rings. The highest BCUT2D eigenvalue weighted by atomic mass is 32.1. The van der Waals surface area contributed by atoms with E-state index in [2.05, 4.69) is 156 Å². The van der Waals surface area contributed by atoms with Crippen LogP contribution in [0.25, 0.3) is 81.2 Å². The lowest BCUT2D eigenvalue weighted by Crippen LogP contribution is -1.94. The molecule has 0 aliphatic heterocycles. The molecule has 0 amide bonds. The summed E-state index contributed by atoms with van der Waals surface area (Å²) in [4.78, 5) is 4.86. The fraction of sp³-hybridized carbons (Fsp3) is 0. The van der Waals surface area contributed by atoms with Gasteiger partial charge in [-0.15, -0.1) is 11.3 Å². The molecule has 0 fully saturated rings. The van der Waals surface area contributed by atoms with E-state index in [1.165, 1.54) is 64.2 Å². The van der Waals surface area contributed by atoms with Crippen LogP contribution in [-0.2, 0) is 0 Å². The Morgan fingerprint density at radius 2 is 0.955 bits per heavy atom. The van der Waals surface area contributed by atoms with Crippen molar-refractivity contribution in [1.82, 2.24) is 9.55 Å². The van der Waals surface area contributed by atoms with Crippen LogP contribution >= 0.6 is 11.3 Å². The molecule has 0 bridgehead atoms. The van der Waals surface area contributed by atoms with E-state index in [4.69, 9.17) is 4.98 Å². The maximum absolute atomic E-state index is 4.86. The molecule has 0 spiro atoms. The van der Waals surface area contributed by atoms with Crippen molar-refractivity contribution in [2.24, 2.45) is 0 Å². The largest absolute Gasteiger partial charge is 0.309 e. The van der Waals surface area contributed by atoms with E-state index in [1.807, 2.05) is 6.20 Å². The minimum Gasteiger partial charge on any atom is -0.309 e. The molecule has 0 unspecified atom stereocenters. The number of aromatic nitrogens is 2. The summed E-state index contributed by atoms with van der Waals surface area (Å²) in [6.45, 7) is 0. The Hall–Kier alpha value is -5.51. The van der Waals surface area contributed by atoms with Gasteiger partial charge < -0.3 is 4.57 Å². The third kappa shape index (κ3) is 4.05. The minimum atomic E-state index is 0.998. The van der Waals surface area contributed by atoms with E-state index in [9.17, 15) is 0 Å². The van der Waals surface area contributed by atoms with E-state index in [-0.39, 0.29) is 0 Å². The van der Waals surface area contributed by atoms with Crippen LogP contribution in [0, 0.1) is 0 Å². The Labute approximate surface area is 259 Å². The summed E-state index contributed by atoms with van der Waals surface area (Å²) in [5, 5.41) is 5.11. The fourth-order valence-corrected chi connectivity index (χ4v) is 7.61. The van der Waals surface area contributed by atoms with Gasteiger partial charge in [0, 0.05) is 43.7 Å². The predicted octanol–water partition coefficient (Wildman–Crippen LogP) is 11.5. The highest BCUT2D eigenvalue weighted by Gasteiger charge is 2.13. The van der Waals surface area contributed by atoms with Crippen LogP contribution in [0.5, 0.6) is 0 Å². The van der Waals surface area contributed by atoms with Crippen molar-refractivity contribution in [2.75, 3.05) is 0 Å². The number of pyridine rings is 1. The number of fused-ring (bicyclic) bond motifs is 6. The lowest BCUT2D eigenvalue weighted by molar-refractivity contribution is 1.18. The summed E-state index contributed by atoms with van der Waals surface area (Å²) in [6, 6.07) is 54.7. The minimum absolute atomic E-state index is 0.998. The van der Waals surface area contributed by atoms with Crippen molar-refractivity contribution in [3.8, 4) is 39.2 Å². The smallest absolute Gasteiger partial charge is 0.0709 e. The summed E-state index contributed by atoms with van der Waals surface area (Å²) >= 11 is 1.80. The Morgan fingerprint density at radius 3 is 1.66 bits per heavy atom. The van der Waals surface area contributed by atoms with Gasteiger partial charge in [0.2, 0.25) is 0 Å². The van der Waals surface area contributed by atoms with Gasteiger partial charge in [-0.2, -0.15) is 0 Å². The molecule has 3 heteroatoms. The van der Waals surface area contributed by atoms with Crippen molar-refractivity contribution in [2.45, 2.75) is 0 Å². The maximum Gasteiger partial charge on any atom is 0.0709 e. The molecule has 3 heterocycles. The molecule has 2 nitrogen and oxygen atoms in total. The van der Waals surface area contributed by atoms with Gasteiger partial charge in [0.05, 0.1) is 21.4 Å².